The summed E-state index contributed by atoms with van der Waals surface area (Å²) in [4.78, 5) is 0. The van der Waals surface area contributed by atoms with Crippen molar-refractivity contribution in [1.82, 2.24) is 0 Å². The summed E-state index contributed by atoms with van der Waals surface area (Å²) in [6.45, 7) is 0. The van der Waals surface area contributed by atoms with Gasteiger partial charge in [-0.25, -0.2) is 0 Å². The van der Waals surface area contributed by atoms with Crippen LogP contribution in [0.25, 0.3) is 0 Å². The van der Waals surface area contributed by atoms with Crippen molar-refractivity contribution in [2.24, 2.45) is 0 Å². The van der Waals surface area contributed by atoms with E-state index in [0.29, 0.717) is 0 Å². The van der Waals surface area contributed by atoms with Gasteiger partial charge in [0.1, 0.15) is 0 Å². The van der Waals surface area contributed by atoms with E-state index >= 15 is 0 Å². The van der Waals surface area contributed by atoms with Crippen molar-refractivity contribution in [2.75, 3.05) is 0 Å². The van der Waals surface area contributed by atoms with E-state index < -0.39 is 0 Å². The monoisotopic (exact) mass is 154 g/mol. The fourth-order valence-electron chi connectivity index (χ4n) is 0. The van der Waals surface area contributed by atoms with Crippen LogP contribution in [0.2, 0.25) is 0 Å². The zero-order valence-electron chi connectivity index (χ0n) is 4.67. The van der Waals surface area contributed by atoms with Crippen molar-refractivity contribution in [1.29, 1.82) is 0 Å². The molecule has 0 aliphatic heterocycles. The summed E-state index contributed by atoms with van der Waals surface area (Å²) >= 11 is 0. The van der Waals surface area contributed by atoms with Crippen LogP contribution in [0.3, 0.4) is 0 Å². The minimum Gasteiger partial charge on any atom is -1.00 e. The molecule has 0 bridgehead atoms. The Morgan fingerprint density at radius 2 is 1.00 bits per heavy atom. The molecule has 0 saturated heterocycles. The van der Waals surface area contributed by atoms with Crippen LogP contribution in [0.4, 0.5) is 0 Å². The van der Waals surface area contributed by atoms with E-state index in [0.717, 1.165) is 0 Å². The van der Waals surface area contributed by atoms with Gasteiger partial charge in [0.15, 0.2) is 0 Å². The van der Waals surface area contributed by atoms with Gasteiger partial charge in [-0.2, -0.15) is 0 Å². The fraction of sp³-hybridized carbons (Fsp3) is 0. The van der Waals surface area contributed by atoms with E-state index in [4.69, 9.17) is 0 Å². The summed E-state index contributed by atoms with van der Waals surface area (Å²) in [5.41, 5.74) is 0. The molecule has 2 N–H and O–H groups in total. The van der Waals surface area contributed by atoms with Crippen LogP contribution in [0.1, 0.15) is 2.85 Å². The average Bonchev–Trinajstić information content (AvgIpc) is 0. The minimum absolute atomic E-state index is 0. The predicted molar refractivity (Wildman–Crippen MR) is 17.3 cm³/mol. The van der Waals surface area contributed by atoms with Crippen molar-refractivity contribution in [3.05, 3.63) is 0 Å². The molecule has 0 saturated carbocycles. The smallest absolute Gasteiger partial charge is 1.00 e. The summed E-state index contributed by atoms with van der Waals surface area (Å²) in [6.07, 6.45) is 0. The minimum atomic E-state index is 0. The normalized spacial score (nSPS) is 0. The molecule has 0 unspecified atom stereocenters. The Morgan fingerprint density at radius 3 is 1.00 bits per heavy atom. The van der Waals surface area contributed by atoms with E-state index in [-0.39, 0.29) is 93.9 Å². The molecule has 0 aromatic heterocycles. The fourth-order valence-corrected chi connectivity index (χ4v) is 0. The second-order valence-electron chi connectivity index (χ2n) is 0. The molecule has 0 amide bonds. The Hall–Kier alpha value is 2.57. The Balaban J connectivity index is 0. The molecule has 0 aromatic rings. The van der Waals surface area contributed by atoms with Crippen molar-refractivity contribution < 1.29 is 33.1 Å². The van der Waals surface area contributed by atoms with Crippen LogP contribution >= 0.6 is 0 Å². The van der Waals surface area contributed by atoms with Crippen LogP contribution in [0.5, 0.6) is 0 Å². The molecule has 0 aromatic carbocycles. The average molecular weight is 155 g/mol. The predicted octanol–water partition coefficient (Wildman–Crippen LogP) is -7.35. The van der Waals surface area contributed by atoms with Gasteiger partial charge in [0.05, 0.1) is 0 Å². The first-order valence-electron chi connectivity index (χ1n) is 0. The third-order valence-corrected chi connectivity index (χ3v) is 0. The Morgan fingerprint density at radius 1 is 1.00 bits per heavy atom. The SMILES string of the molecule is O.[Ca+2].[Cl-].[Cl-].[H-].[H-].[Mg+2]. The second-order valence-corrected chi connectivity index (χ2v) is 0. The molecule has 5 heteroatoms. The summed E-state index contributed by atoms with van der Waals surface area (Å²) in [6, 6.07) is 0. The molecule has 0 rings (SSSR count). The van der Waals surface area contributed by atoms with Crippen molar-refractivity contribution >= 4 is 60.8 Å². The first-order chi connectivity index (χ1) is 0. The Labute approximate surface area is 92.5 Å². The summed E-state index contributed by atoms with van der Waals surface area (Å²) in [7, 11) is 0. The van der Waals surface area contributed by atoms with Crippen LogP contribution in [-0.2, 0) is 0 Å². The summed E-state index contributed by atoms with van der Waals surface area (Å²) in [5.74, 6) is 0. The van der Waals surface area contributed by atoms with E-state index in [1.54, 1.807) is 0 Å². The molecule has 0 spiro atoms. The van der Waals surface area contributed by atoms with Crippen LogP contribution in [0, 0.1) is 0 Å². The van der Waals surface area contributed by atoms with Gasteiger partial charge in [0, 0.05) is 0 Å². The maximum absolute atomic E-state index is 0. The van der Waals surface area contributed by atoms with Gasteiger partial charge in [-0.05, 0) is 0 Å². The molecule has 0 radical (unpaired) electrons. The number of hydrogen-bond acceptors (Lipinski definition) is 0. The van der Waals surface area contributed by atoms with Crippen LogP contribution in [0.15, 0.2) is 0 Å². The van der Waals surface area contributed by atoms with Crippen LogP contribution < -0.4 is 24.8 Å². The van der Waals surface area contributed by atoms with E-state index in [1.165, 1.54) is 0 Å². The van der Waals surface area contributed by atoms with Crippen LogP contribution in [-0.4, -0.2) is 66.3 Å². The quantitative estimate of drug-likeness (QED) is 0.311. The molecule has 0 fully saturated rings. The molecule has 0 aliphatic rings. The molecule has 1 nitrogen and oxygen atoms in total. The summed E-state index contributed by atoms with van der Waals surface area (Å²) in [5, 5.41) is 0. The van der Waals surface area contributed by atoms with Crippen molar-refractivity contribution in [3.63, 3.8) is 0 Å². The number of hydrogen-bond donors (Lipinski definition) is 0. The van der Waals surface area contributed by atoms with E-state index in [1.807, 2.05) is 0 Å². The number of rotatable bonds is 0. The van der Waals surface area contributed by atoms with Gasteiger partial charge in [-0.3, -0.25) is 0 Å². The summed E-state index contributed by atoms with van der Waals surface area (Å²) < 4.78 is 0. The third-order valence-electron chi connectivity index (χ3n) is 0. The molecule has 0 heterocycles. The molecule has 0 aliphatic carbocycles. The molecular weight excluding hydrogens is 151 g/mol. The zero-order chi connectivity index (χ0) is 0. The first kappa shape index (κ1) is 49.5. The van der Waals surface area contributed by atoms with Crippen molar-refractivity contribution in [2.45, 2.75) is 0 Å². The third kappa shape index (κ3) is 20.8. The topological polar surface area (TPSA) is 31.5 Å². The van der Waals surface area contributed by atoms with Gasteiger partial charge in [-0.1, -0.05) is 0 Å². The molecular formula is H4CaCl2MgO. The van der Waals surface area contributed by atoms with Gasteiger partial charge in [0.2, 0.25) is 0 Å². The second kappa shape index (κ2) is 30.9. The van der Waals surface area contributed by atoms with E-state index in [9.17, 15) is 0 Å². The molecule has 0 atom stereocenters. The van der Waals surface area contributed by atoms with Gasteiger partial charge in [-0.15, -0.1) is 0 Å². The van der Waals surface area contributed by atoms with Gasteiger partial charge < -0.3 is 33.1 Å². The van der Waals surface area contributed by atoms with E-state index in [2.05, 4.69) is 0 Å². The Kier molecular flexibility index (Phi) is 306. The van der Waals surface area contributed by atoms with Gasteiger partial charge in [0.25, 0.3) is 0 Å². The molecule has 5 heavy (non-hydrogen) atoms. The van der Waals surface area contributed by atoms with Crippen molar-refractivity contribution in [3.8, 4) is 0 Å². The number of halogens is 2. The zero-order valence-corrected chi connectivity index (χ0v) is 7.80. The van der Waals surface area contributed by atoms with Gasteiger partial charge >= 0.3 is 60.8 Å². The first-order valence-corrected chi connectivity index (χ1v) is 0. The standard InChI is InChI=1S/Ca.2ClH.Mg.H2O.2H/h;2*1H;;1H2;;/q+2;;;+2;;2*-1/p-2. The largest absolute Gasteiger partial charge is 2.00 e. The maximum atomic E-state index is 0. The molecule has 28 valence electrons. The maximum Gasteiger partial charge on any atom is 2.00 e. The Bertz CT molecular complexity index is 15.7.